The summed E-state index contributed by atoms with van der Waals surface area (Å²) in [5.41, 5.74) is 0.915. The molecule has 10 nitrogen and oxygen atoms in total. The molecule has 4 rings (SSSR count). The van der Waals surface area contributed by atoms with E-state index in [1.165, 1.54) is 12.1 Å². The van der Waals surface area contributed by atoms with Gasteiger partial charge in [-0.2, -0.15) is 4.98 Å². The number of aromatic nitrogens is 4. The van der Waals surface area contributed by atoms with Crippen LogP contribution in [0.15, 0.2) is 57.8 Å². The highest BCUT2D eigenvalue weighted by atomic mass is 16.6. The van der Waals surface area contributed by atoms with Gasteiger partial charge in [0.25, 0.3) is 11.2 Å². The zero-order valence-electron chi connectivity index (χ0n) is 16.1. The Morgan fingerprint density at radius 3 is 2.77 bits per heavy atom. The average Bonchev–Trinajstić information content (AvgIpc) is 3.22. The van der Waals surface area contributed by atoms with Crippen molar-refractivity contribution in [3.05, 3.63) is 80.7 Å². The fourth-order valence-electron chi connectivity index (χ4n) is 3.09. The number of fused-ring (bicyclic) bond motifs is 1. The van der Waals surface area contributed by atoms with Crippen molar-refractivity contribution in [3.63, 3.8) is 0 Å². The molecule has 0 atom stereocenters. The average molecular weight is 406 g/mol. The standard InChI is InChI=1S/C20H18N6O4/c1-2-25(11-17-21-16-9-4-3-8-15(16)20(27)22-17)12-18-23-19(24-30-18)13-6-5-7-14(10-13)26(28)29/h3-10H,2,11-12H2,1H3,(H,21,22,27). The number of rotatable bonds is 7. The van der Waals surface area contributed by atoms with E-state index in [2.05, 4.69) is 20.1 Å². The fourth-order valence-corrected chi connectivity index (χ4v) is 3.09. The second kappa shape index (κ2) is 8.21. The molecule has 2 aromatic heterocycles. The van der Waals surface area contributed by atoms with Crippen LogP contribution in [0.2, 0.25) is 0 Å². The number of nitro groups is 1. The van der Waals surface area contributed by atoms with E-state index in [4.69, 9.17) is 4.52 Å². The number of benzene rings is 2. The Kier molecular flexibility index (Phi) is 5.31. The highest BCUT2D eigenvalue weighted by molar-refractivity contribution is 5.77. The van der Waals surface area contributed by atoms with Gasteiger partial charge in [-0.15, -0.1) is 0 Å². The van der Waals surface area contributed by atoms with E-state index in [-0.39, 0.29) is 17.1 Å². The zero-order valence-corrected chi connectivity index (χ0v) is 16.1. The minimum absolute atomic E-state index is 0.0413. The highest BCUT2D eigenvalue weighted by Gasteiger charge is 2.16. The van der Waals surface area contributed by atoms with E-state index in [1.54, 1.807) is 30.3 Å². The molecule has 0 saturated heterocycles. The lowest BCUT2D eigenvalue weighted by Gasteiger charge is -2.17. The Bertz CT molecular complexity index is 1270. The van der Waals surface area contributed by atoms with Crippen LogP contribution in [0, 0.1) is 10.1 Å². The van der Waals surface area contributed by atoms with Crippen molar-refractivity contribution in [1.29, 1.82) is 0 Å². The van der Waals surface area contributed by atoms with Gasteiger partial charge in [-0.25, -0.2) is 4.98 Å². The molecule has 0 aliphatic carbocycles. The lowest BCUT2D eigenvalue weighted by atomic mass is 10.2. The molecular weight excluding hydrogens is 388 g/mol. The summed E-state index contributed by atoms with van der Waals surface area (Å²) in [6, 6.07) is 13.2. The Balaban J connectivity index is 1.52. The molecule has 0 saturated carbocycles. The van der Waals surface area contributed by atoms with E-state index >= 15 is 0 Å². The SMILES string of the molecule is CCN(Cc1nc2ccccc2c(=O)[nH]1)Cc1nc(-c2cccc([N+](=O)[O-])c2)no1. The van der Waals surface area contributed by atoms with E-state index in [1.807, 2.05) is 17.9 Å². The molecule has 10 heteroatoms. The summed E-state index contributed by atoms with van der Waals surface area (Å²) in [4.78, 5) is 36.4. The van der Waals surface area contributed by atoms with Crippen LogP contribution < -0.4 is 5.56 Å². The molecule has 2 aromatic carbocycles. The van der Waals surface area contributed by atoms with Gasteiger partial charge in [-0.05, 0) is 18.7 Å². The maximum absolute atomic E-state index is 12.3. The number of non-ortho nitro benzene ring substituents is 1. The van der Waals surface area contributed by atoms with Gasteiger partial charge < -0.3 is 9.51 Å². The van der Waals surface area contributed by atoms with E-state index < -0.39 is 4.92 Å². The monoisotopic (exact) mass is 406 g/mol. The third kappa shape index (κ3) is 4.08. The number of nitrogens with zero attached hydrogens (tertiary/aromatic N) is 5. The zero-order chi connectivity index (χ0) is 21.1. The summed E-state index contributed by atoms with van der Waals surface area (Å²) in [7, 11) is 0. The quantitative estimate of drug-likeness (QED) is 0.366. The molecule has 0 aliphatic rings. The number of hydrogen-bond donors (Lipinski definition) is 1. The number of nitrogens with one attached hydrogen (secondary N) is 1. The number of nitro benzene ring substituents is 1. The van der Waals surface area contributed by atoms with Gasteiger partial charge in [0.2, 0.25) is 11.7 Å². The van der Waals surface area contributed by atoms with Gasteiger partial charge in [0.1, 0.15) is 5.82 Å². The molecule has 0 amide bonds. The first-order valence-corrected chi connectivity index (χ1v) is 9.31. The number of H-pyrrole nitrogens is 1. The minimum atomic E-state index is -0.472. The van der Waals surface area contributed by atoms with Crippen molar-refractivity contribution in [2.45, 2.75) is 20.0 Å². The van der Waals surface area contributed by atoms with Crippen LogP contribution in [0.5, 0.6) is 0 Å². The smallest absolute Gasteiger partial charge is 0.270 e. The maximum atomic E-state index is 12.3. The van der Waals surface area contributed by atoms with Crippen molar-refractivity contribution in [2.24, 2.45) is 0 Å². The van der Waals surface area contributed by atoms with Crippen molar-refractivity contribution < 1.29 is 9.45 Å². The summed E-state index contributed by atoms with van der Waals surface area (Å²) in [5.74, 6) is 1.18. The Hall–Kier alpha value is -3.92. The first kappa shape index (κ1) is 19.4. The number of aromatic amines is 1. The fraction of sp³-hybridized carbons (Fsp3) is 0.200. The summed E-state index contributed by atoms with van der Waals surface area (Å²) >= 11 is 0. The lowest BCUT2D eigenvalue weighted by molar-refractivity contribution is -0.384. The molecule has 0 unspecified atom stereocenters. The predicted octanol–water partition coefficient (Wildman–Crippen LogP) is 2.90. The maximum Gasteiger partial charge on any atom is 0.270 e. The molecule has 0 fully saturated rings. The van der Waals surface area contributed by atoms with Crippen molar-refractivity contribution in [1.82, 2.24) is 25.0 Å². The third-order valence-electron chi connectivity index (χ3n) is 4.62. The van der Waals surface area contributed by atoms with Gasteiger partial charge in [0.05, 0.1) is 28.9 Å². The third-order valence-corrected chi connectivity index (χ3v) is 4.62. The normalized spacial score (nSPS) is 11.3. The summed E-state index contributed by atoms with van der Waals surface area (Å²) in [6.07, 6.45) is 0. The molecule has 0 radical (unpaired) electrons. The van der Waals surface area contributed by atoms with Crippen LogP contribution >= 0.6 is 0 Å². The first-order chi connectivity index (χ1) is 14.5. The largest absolute Gasteiger partial charge is 0.338 e. The summed E-state index contributed by atoms with van der Waals surface area (Å²) in [5, 5.41) is 15.4. The van der Waals surface area contributed by atoms with E-state index in [0.29, 0.717) is 47.8 Å². The van der Waals surface area contributed by atoms with Crippen LogP contribution in [0.1, 0.15) is 18.6 Å². The van der Waals surface area contributed by atoms with Crippen LogP contribution in [0.3, 0.4) is 0 Å². The molecule has 0 bridgehead atoms. The molecule has 4 aromatic rings. The van der Waals surface area contributed by atoms with Crippen molar-refractivity contribution >= 4 is 16.6 Å². The summed E-state index contributed by atoms with van der Waals surface area (Å²) < 4.78 is 5.32. The van der Waals surface area contributed by atoms with Crippen LogP contribution in [-0.2, 0) is 13.1 Å². The van der Waals surface area contributed by atoms with Gasteiger partial charge in [-0.1, -0.05) is 36.3 Å². The molecule has 152 valence electrons. The van der Waals surface area contributed by atoms with Gasteiger partial charge >= 0.3 is 0 Å². The van der Waals surface area contributed by atoms with Crippen molar-refractivity contribution in [3.8, 4) is 11.4 Å². The highest BCUT2D eigenvalue weighted by Crippen LogP contribution is 2.21. The van der Waals surface area contributed by atoms with Crippen LogP contribution in [0.4, 0.5) is 5.69 Å². The van der Waals surface area contributed by atoms with Crippen molar-refractivity contribution in [2.75, 3.05) is 6.54 Å². The Morgan fingerprint density at radius 1 is 1.13 bits per heavy atom. The summed E-state index contributed by atoms with van der Waals surface area (Å²) in [6.45, 7) is 3.36. The molecule has 0 aliphatic heterocycles. The second-order valence-electron chi connectivity index (χ2n) is 6.65. The van der Waals surface area contributed by atoms with Crippen LogP contribution in [0.25, 0.3) is 22.3 Å². The topological polar surface area (TPSA) is 131 Å². The van der Waals surface area contributed by atoms with Gasteiger partial charge in [0.15, 0.2) is 0 Å². The van der Waals surface area contributed by atoms with E-state index in [0.717, 1.165) is 0 Å². The lowest BCUT2D eigenvalue weighted by Crippen LogP contribution is -2.25. The number of hydrogen-bond acceptors (Lipinski definition) is 8. The molecule has 2 heterocycles. The molecule has 1 N–H and O–H groups in total. The molecular formula is C20H18N6O4. The van der Waals surface area contributed by atoms with Crippen LogP contribution in [-0.4, -0.2) is 36.5 Å². The Labute approximate surface area is 170 Å². The first-order valence-electron chi connectivity index (χ1n) is 9.31. The molecule has 30 heavy (non-hydrogen) atoms. The predicted molar refractivity (Wildman–Crippen MR) is 109 cm³/mol. The Morgan fingerprint density at radius 2 is 1.97 bits per heavy atom. The van der Waals surface area contributed by atoms with Gasteiger partial charge in [-0.3, -0.25) is 19.8 Å². The minimum Gasteiger partial charge on any atom is -0.338 e. The second-order valence-corrected chi connectivity index (χ2v) is 6.65. The number of para-hydroxylation sites is 1. The van der Waals surface area contributed by atoms with Gasteiger partial charge in [0, 0.05) is 17.7 Å². The van der Waals surface area contributed by atoms with E-state index in [9.17, 15) is 14.9 Å². The molecule has 0 spiro atoms.